The van der Waals surface area contributed by atoms with Crippen LogP contribution in [0.3, 0.4) is 0 Å². The molecule has 102 valence electrons. The molecule has 0 spiro atoms. The number of methoxy groups -OCH3 is 2. The minimum absolute atomic E-state index is 0.151. The number of amides is 1. The Labute approximate surface area is 113 Å². The van der Waals surface area contributed by atoms with Crippen molar-refractivity contribution < 1.29 is 14.3 Å². The van der Waals surface area contributed by atoms with E-state index in [4.69, 9.17) is 9.47 Å². The van der Waals surface area contributed by atoms with E-state index < -0.39 is 0 Å². The Morgan fingerprint density at radius 1 is 1.21 bits per heavy atom. The Kier molecular flexibility index (Phi) is 2.88. The first-order chi connectivity index (χ1) is 9.17. The molecule has 2 aliphatic rings. The van der Waals surface area contributed by atoms with Crippen LogP contribution in [0.1, 0.15) is 24.9 Å². The van der Waals surface area contributed by atoms with E-state index in [2.05, 4.69) is 6.92 Å². The van der Waals surface area contributed by atoms with Crippen molar-refractivity contribution in [3.8, 4) is 5.75 Å². The third-order valence-corrected chi connectivity index (χ3v) is 4.50. The first-order valence-corrected chi connectivity index (χ1v) is 6.67. The molecule has 4 nitrogen and oxygen atoms in total. The van der Waals surface area contributed by atoms with Crippen molar-refractivity contribution in [2.45, 2.75) is 25.4 Å². The molecule has 0 unspecified atom stereocenters. The molecule has 1 aliphatic heterocycles. The first-order valence-electron chi connectivity index (χ1n) is 6.67. The van der Waals surface area contributed by atoms with E-state index in [-0.39, 0.29) is 18.2 Å². The van der Waals surface area contributed by atoms with Gasteiger partial charge in [0.25, 0.3) is 0 Å². The predicted octanol–water partition coefficient (Wildman–Crippen LogP) is 2.84. The molecule has 2 fully saturated rings. The summed E-state index contributed by atoms with van der Waals surface area (Å²) in [7, 11) is 3.11. The summed E-state index contributed by atoms with van der Waals surface area (Å²) in [5.41, 5.74) is 1.17. The van der Waals surface area contributed by atoms with Crippen LogP contribution >= 0.6 is 0 Å². The fourth-order valence-electron chi connectivity index (χ4n) is 3.41. The van der Waals surface area contributed by atoms with Crippen LogP contribution in [-0.2, 0) is 4.74 Å². The number of benzene rings is 1. The fourth-order valence-corrected chi connectivity index (χ4v) is 3.41. The van der Waals surface area contributed by atoms with Gasteiger partial charge in [0.15, 0.2) is 0 Å². The summed E-state index contributed by atoms with van der Waals surface area (Å²) in [5, 5.41) is 0. The van der Waals surface area contributed by atoms with Crippen LogP contribution in [0.2, 0.25) is 0 Å². The number of hydrogen-bond acceptors (Lipinski definition) is 3. The number of piperidine rings is 1. The average Bonchev–Trinajstić information content (AvgIpc) is 3.18. The van der Waals surface area contributed by atoms with Crippen LogP contribution < -0.4 is 4.74 Å². The zero-order chi connectivity index (χ0) is 13.6. The molecule has 1 saturated carbocycles. The van der Waals surface area contributed by atoms with Gasteiger partial charge in [-0.15, -0.1) is 0 Å². The van der Waals surface area contributed by atoms with Gasteiger partial charge in [0.2, 0.25) is 0 Å². The molecular weight excluding hydrogens is 242 g/mol. The Morgan fingerprint density at radius 3 is 2.47 bits per heavy atom. The monoisotopic (exact) mass is 261 g/mol. The van der Waals surface area contributed by atoms with Crippen molar-refractivity contribution in [1.82, 2.24) is 4.90 Å². The largest absolute Gasteiger partial charge is 0.497 e. The van der Waals surface area contributed by atoms with E-state index in [1.807, 2.05) is 29.2 Å². The van der Waals surface area contributed by atoms with Crippen LogP contribution in [0.4, 0.5) is 4.79 Å². The fraction of sp³-hybridized carbons (Fsp3) is 0.533. The number of fused-ring (bicyclic) bond motifs is 1. The average molecular weight is 261 g/mol. The van der Waals surface area contributed by atoms with Crippen molar-refractivity contribution in [2.75, 3.05) is 14.2 Å². The van der Waals surface area contributed by atoms with Gasteiger partial charge in [-0.2, -0.15) is 0 Å². The van der Waals surface area contributed by atoms with Crippen molar-refractivity contribution in [3.63, 3.8) is 0 Å². The lowest BCUT2D eigenvalue weighted by Crippen LogP contribution is -2.38. The van der Waals surface area contributed by atoms with Gasteiger partial charge in [-0.1, -0.05) is 12.1 Å². The molecule has 1 aromatic rings. The Hall–Kier alpha value is -1.71. The zero-order valence-corrected chi connectivity index (χ0v) is 11.5. The second-order valence-corrected chi connectivity index (χ2v) is 5.40. The molecule has 1 saturated heterocycles. The predicted molar refractivity (Wildman–Crippen MR) is 71.0 cm³/mol. The summed E-state index contributed by atoms with van der Waals surface area (Å²) >= 11 is 0. The van der Waals surface area contributed by atoms with Gasteiger partial charge >= 0.3 is 6.09 Å². The highest BCUT2D eigenvalue weighted by molar-refractivity contribution is 5.70. The van der Waals surface area contributed by atoms with Gasteiger partial charge in [-0.25, -0.2) is 4.79 Å². The minimum atomic E-state index is -0.222. The maximum absolute atomic E-state index is 12.0. The summed E-state index contributed by atoms with van der Waals surface area (Å²) in [6.45, 7) is 2.12. The van der Waals surface area contributed by atoms with Gasteiger partial charge in [-0.3, -0.25) is 4.90 Å². The number of carbonyl (C=O) groups is 1. The van der Waals surface area contributed by atoms with Crippen molar-refractivity contribution in [1.29, 1.82) is 0 Å². The molecule has 4 heteroatoms. The topological polar surface area (TPSA) is 38.8 Å². The van der Waals surface area contributed by atoms with Crippen LogP contribution in [0.25, 0.3) is 0 Å². The third kappa shape index (κ3) is 1.86. The van der Waals surface area contributed by atoms with E-state index >= 15 is 0 Å². The van der Waals surface area contributed by atoms with Gasteiger partial charge in [0, 0.05) is 6.04 Å². The van der Waals surface area contributed by atoms with Crippen LogP contribution in [0.5, 0.6) is 5.75 Å². The smallest absolute Gasteiger partial charge is 0.410 e. The number of ether oxygens (including phenoxy) is 2. The van der Waals surface area contributed by atoms with Gasteiger partial charge in [0.1, 0.15) is 5.75 Å². The second-order valence-electron chi connectivity index (χ2n) is 5.40. The third-order valence-electron chi connectivity index (χ3n) is 4.50. The van der Waals surface area contributed by atoms with Gasteiger partial charge in [0.05, 0.1) is 20.3 Å². The maximum Gasteiger partial charge on any atom is 0.410 e. The Bertz CT molecular complexity index is 485. The lowest BCUT2D eigenvalue weighted by atomic mass is 10.0. The van der Waals surface area contributed by atoms with E-state index in [0.717, 1.165) is 5.75 Å². The van der Waals surface area contributed by atoms with Crippen molar-refractivity contribution in [3.05, 3.63) is 29.8 Å². The molecular formula is C15H19NO3. The lowest BCUT2D eigenvalue weighted by molar-refractivity contribution is 0.0948. The SMILES string of the molecule is COC(=O)N1[C@H](C)[C@H]2C[C@H]2[C@H]1c1ccc(OC)cc1. The molecule has 19 heavy (non-hydrogen) atoms. The van der Waals surface area contributed by atoms with Crippen LogP contribution in [-0.4, -0.2) is 31.3 Å². The summed E-state index contributed by atoms with van der Waals surface area (Å²) in [5.74, 6) is 2.06. The Balaban J connectivity index is 1.90. The highest BCUT2D eigenvalue weighted by Gasteiger charge is 2.59. The number of hydrogen-bond donors (Lipinski definition) is 0. The van der Waals surface area contributed by atoms with E-state index in [9.17, 15) is 4.79 Å². The van der Waals surface area contributed by atoms with E-state index in [0.29, 0.717) is 11.8 Å². The van der Waals surface area contributed by atoms with Crippen molar-refractivity contribution >= 4 is 6.09 Å². The lowest BCUT2D eigenvalue weighted by Gasteiger charge is -2.30. The minimum Gasteiger partial charge on any atom is -0.497 e. The number of rotatable bonds is 2. The Morgan fingerprint density at radius 2 is 1.89 bits per heavy atom. The van der Waals surface area contributed by atoms with Crippen LogP contribution in [0, 0.1) is 11.8 Å². The molecule has 1 aliphatic carbocycles. The standard InChI is InChI=1S/C15H19NO3/c1-9-12-8-13(12)14(16(9)15(17)19-3)10-4-6-11(18-2)7-5-10/h4-7,9,12-14H,8H2,1-3H3/t9-,12-,13-,14-/m1/s1. The molecule has 0 radical (unpaired) electrons. The van der Waals surface area contributed by atoms with E-state index in [1.165, 1.54) is 19.1 Å². The maximum atomic E-state index is 12.0. The van der Waals surface area contributed by atoms with Crippen LogP contribution in [0.15, 0.2) is 24.3 Å². The molecule has 0 bridgehead atoms. The van der Waals surface area contributed by atoms with Gasteiger partial charge in [-0.05, 0) is 42.9 Å². The first kappa shape index (κ1) is 12.3. The highest BCUT2D eigenvalue weighted by atomic mass is 16.5. The van der Waals surface area contributed by atoms with Gasteiger partial charge < -0.3 is 9.47 Å². The number of carbonyl (C=O) groups excluding carboxylic acids is 1. The van der Waals surface area contributed by atoms with Crippen molar-refractivity contribution in [2.24, 2.45) is 11.8 Å². The zero-order valence-electron chi connectivity index (χ0n) is 11.5. The summed E-state index contributed by atoms with van der Waals surface area (Å²) in [4.78, 5) is 13.9. The molecule has 1 heterocycles. The molecule has 0 aromatic heterocycles. The summed E-state index contributed by atoms with van der Waals surface area (Å²) in [6, 6.07) is 8.42. The number of likely N-dealkylation sites (tertiary alicyclic amines) is 1. The molecule has 0 N–H and O–H groups in total. The second kappa shape index (κ2) is 4.44. The number of nitrogens with zero attached hydrogens (tertiary/aromatic N) is 1. The molecule has 3 rings (SSSR count). The molecule has 1 aromatic carbocycles. The highest BCUT2D eigenvalue weighted by Crippen LogP contribution is 2.59. The van der Waals surface area contributed by atoms with E-state index in [1.54, 1.807) is 7.11 Å². The molecule has 1 amide bonds. The normalized spacial score (nSPS) is 31.8. The summed E-state index contributed by atoms with van der Waals surface area (Å²) < 4.78 is 10.1. The quantitative estimate of drug-likeness (QED) is 0.821. The molecule has 4 atom stereocenters. The summed E-state index contributed by atoms with van der Waals surface area (Å²) in [6.07, 6.45) is 0.992.